The topological polar surface area (TPSA) is 38.8 Å². The Hall–Kier alpha value is -1.51. The van der Waals surface area contributed by atoms with Gasteiger partial charge >= 0.3 is 5.97 Å². The molecule has 1 aromatic carbocycles. The quantitative estimate of drug-likeness (QED) is 0.618. The van der Waals surface area contributed by atoms with Crippen LogP contribution >= 0.6 is 0 Å². The summed E-state index contributed by atoms with van der Waals surface area (Å²) in [5.74, 6) is 0.631. The van der Waals surface area contributed by atoms with Crippen molar-refractivity contribution >= 4 is 5.97 Å². The summed E-state index contributed by atoms with van der Waals surface area (Å²) >= 11 is 0. The minimum absolute atomic E-state index is 0.153. The molecule has 62 valence electrons. The van der Waals surface area contributed by atoms with Crippen LogP contribution in [0.15, 0.2) is 24.3 Å². The molecule has 0 aliphatic carbocycles. The maximum Gasteiger partial charge on any atom is 0.353 e. The third-order valence-electron chi connectivity index (χ3n) is 1.81. The summed E-state index contributed by atoms with van der Waals surface area (Å²) in [6.07, 6.45) is -0.323. The van der Waals surface area contributed by atoms with E-state index in [1.807, 2.05) is 24.3 Å². The number of epoxide rings is 1. The molecule has 1 aliphatic heterocycles. The zero-order valence-corrected chi connectivity index (χ0v) is 6.61. The van der Waals surface area contributed by atoms with Gasteiger partial charge in [0.25, 0.3) is 0 Å². The van der Waals surface area contributed by atoms with E-state index in [4.69, 9.17) is 9.47 Å². The molecule has 3 nitrogen and oxygen atoms in total. The van der Waals surface area contributed by atoms with Crippen molar-refractivity contribution in [1.29, 1.82) is 0 Å². The molecule has 12 heavy (non-hydrogen) atoms. The number of hydrogen-bond acceptors (Lipinski definition) is 3. The van der Waals surface area contributed by atoms with Crippen molar-refractivity contribution in [3.63, 3.8) is 0 Å². The largest absolute Gasteiger partial charge is 0.497 e. The van der Waals surface area contributed by atoms with Crippen molar-refractivity contribution in [1.82, 2.24) is 0 Å². The molecule has 1 aliphatic rings. The van der Waals surface area contributed by atoms with Gasteiger partial charge in [-0.05, 0) is 12.1 Å². The van der Waals surface area contributed by atoms with E-state index in [-0.39, 0.29) is 12.1 Å². The van der Waals surface area contributed by atoms with Crippen LogP contribution in [-0.4, -0.2) is 13.1 Å². The monoisotopic (exact) mass is 164 g/mol. The number of benzene rings is 1. The average Bonchev–Trinajstić information content (AvgIpc) is 2.83. The van der Waals surface area contributed by atoms with Gasteiger partial charge in [-0.15, -0.1) is 0 Å². The first-order chi connectivity index (χ1) is 5.81. The highest BCUT2D eigenvalue weighted by molar-refractivity contribution is 5.88. The molecule has 1 unspecified atom stereocenters. The van der Waals surface area contributed by atoms with Crippen LogP contribution in [-0.2, 0) is 9.53 Å². The first-order valence-electron chi connectivity index (χ1n) is 3.66. The fourth-order valence-corrected chi connectivity index (χ4v) is 1.06. The predicted octanol–water partition coefficient (Wildman–Crippen LogP) is 1.29. The molecular formula is C9H8O3. The molecular weight excluding hydrogens is 156 g/mol. The molecule has 0 N–H and O–H groups in total. The van der Waals surface area contributed by atoms with Crippen LogP contribution in [0.1, 0.15) is 11.7 Å². The lowest BCUT2D eigenvalue weighted by molar-refractivity contribution is -0.117. The number of rotatable bonds is 2. The lowest BCUT2D eigenvalue weighted by Gasteiger charge is -1.98. The molecule has 0 radical (unpaired) electrons. The first kappa shape index (κ1) is 7.16. The van der Waals surface area contributed by atoms with E-state index < -0.39 is 0 Å². The van der Waals surface area contributed by atoms with Crippen molar-refractivity contribution in [2.75, 3.05) is 7.11 Å². The maximum atomic E-state index is 10.6. The Bertz CT molecular complexity index is 302. The molecule has 1 heterocycles. The van der Waals surface area contributed by atoms with Crippen LogP contribution in [0.4, 0.5) is 0 Å². The van der Waals surface area contributed by atoms with E-state index in [0.29, 0.717) is 0 Å². The Morgan fingerprint density at radius 1 is 1.33 bits per heavy atom. The highest BCUT2D eigenvalue weighted by Crippen LogP contribution is 2.32. The minimum Gasteiger partial charge on any atom is -0.497 e. The van der Waals surface area contributed by atoms with Gasteiger partial charge in [0.1, 0.15) is 5.75 Å². The second kappa shape index (κ2) is 2.52. The van der Waals surface area contributed by atoms with E-state index in [9.17, 15) is 4.79 Å². The van der Waals surface area contributed by atoms with Gasteiger partial charge in [0.05, 0.1) is 7.11 Å². The number of ether oxygens (including phenoxy) is 2. The van der Waals surface area contributed by atoms with E-state index in [2.05, 4.69) is 0 Å². The zero-order chi connectivity index (χ0) is 8.55. The summed E-state index contributed by atoms with van der Waals surface area (Å²) in [7, 11) is 1.60. The molecule has 3 heteroatoms. The lowest BCUT2D eigenvalue weighted by atomic mass is 10.1. The summed E-state index contributed by atoms with van der Waals surface area (Å²) in [6.45, 7) is 0. The highest BCUT2D eigenvalue weighted by Gasteiger charge is 2.39. The molecule has 0 saturated carbocycles. The molecule has 2 rings (SSSR count). The van der Waals surface area contributed by atoms with Gasteiger partial charge in [-0.1, -0.05) is 12.1 Å². The molecule has 1 atom stereocenters. The van der Waals surface area contributed by atoms with Crippen molar-refractivity contribution in [2.45, 2.75) is 6.10 Å². The van der Waals surface area contributed by atoms with Gasteiger partial charge in [0, 0.05) is 5.56 Å². The van der Waals surface area contributed by atoms with Crippen molar-refractivity contribution in [3.05, 3.63) is 29.8 Å². The number of carbonyl (C=O) groups is 1. The Balaban J connectivity index is 2.20. The molecule has 1 fully saturated rings. The second-order valence-corrected chi connectivity index (χ2v) is 2.59. The van der Waals surface area contributed by atoms with Crippen LogP contribution in [0.25, 0.3) is 0 Å². The number of methoxy groups -OCH3 is 1. The van der Waals surface area contributed by atoms with Crippen molar-refractivity contribution in [3.8, 4) is 5.75 Å². The van der Waals surface area contributed by atoms with E-state index >= 15 is 0 Å². The number of carbonyl (C=O) groups excluding carboxylic acids is 1. The van der Waals surface area contributed by atoms with Crippen LogP contribution in [0.2, 0.25) is 0 Å². The van der Waals surface area contributed by atoms with Gasteiger partial charge < -0.3 is 9.47 Å². The lowest BCUT2D eigenvalue weighted by Crippen LogP contribution is -1.84. The van der Waals surface area contributed by atoms with Gasteiger partial charge in [0.15, 0.2) is 0 Å². The second-order valence-electron chi connectivity index (χ2n) is 2.59. The van der Waals surface area contributed by atoms with Crippen LogP contribution in [0, 0.1) is 0 Å². The Morgan fingerprint density at radius 2 is 1.92 bits per heavy atom. The molecule has 0 bridgehead atoms. The van der Waals surface area contributed by atoms with Gasteiger partial charge in [-0.25, -0.2) is 4.79 Å². The Labute approximate surface area is 69.9 Å². The first-order valence-corrected chi connectivity index (χ1v) is 3.66. The highest BCUT2D eigenvalue weighted by atomic mass is 16.6. The predicted molar refractivity (Wildman–Crippen MR) is 41.8 cm³/mol. The maximum absolute atomic E-state index is 10.6. The molecule has 1 aromatic rings. The van der Waals surface area contributed by atoms with Crippen LogP contribution < -0.4 is 4.74 Å². The summed E-state index contributed by atoms with van der Waals surface area (Å²) in [5, 5.41) is 0. The number of hydrogen-bond donors (Lipinski definition) is 0. The Kier molecular flexibility index (Phi) is 1.50. The van der Waals surface area contributed by atoms with Gasteiger partial charge in [-0.3, -0.25) is 0 Å². The van der Waals surface area contributed by atoms with E-state index in [1.165, 1.54) is 0 Å². The van der Waals surface area contributed by atoms with Crippen molar-refractivity contribution < 1.29 is 14.3 Å². The van der Waals surface area contributed by atoms with Crippen LogP contribution in [0.5, 0.6) is 5.75 Å². The number of cyclic esters (lactones) is 1. The Morgan fingerprint density at radius 3 is 2.33 bits per heavy atom. The van der Waals surface area contributed by atoms with E-state index in [0.717, 1.165) is 11.3 Å². The SMILES string of the molecule is COc1ccc(C2OC2=O)cc1. The van der Waals surface area contributed by atoms with Crippen molar-refractivity contribution in [2.24, 2.45) is 0 Å². The summed E-state index contributed by atoms with van der Waals surface area (Å²) in [6, 6.07) is 7.28. The molecule has 0 spiro atoms. The van der Waals surface area contributed by atoms with Crippen LogP contribution in [0.3, 0.4) is 0 Å². The summed E-state index contributed by atoms with van der Waals surface area (Å²) in [4.78, 5) is 10.6. The smallest absolute Gasteiger partial charge is 0.353 e. The summed E-state index contributed by atoms with van der Waals surface area (Å²) in [5.41, 5.74) is 0.890. The van der Waals surface area contributed by atoms with E-state index in [1.54, 1.807) is 7.11 Å². The molecule has 0 aromatic heterocycles. The third-order valence-corrected chi connectivity index (χ3v) is 1.81. The molecule has 1 saturated heterocycles. The normalized spacial score (nSPS) is 20.1. The fourth-order valence-electron chi connectivity index (χ4n) is 1.06. The van der Waals surface area contributed by atoms with Gasteiger partial charge in [-0.2, -0.15) is 0 Å². The standard InChI is InChI=1S/C9H8O3/c1-11-7-4-2-6(3-5-7)8-9(10)12-8/h2-5,8H,1H3. The van der Waals surface area contributed by atoms with Gasteiger partial charge in [0.2, 0.25) is 6.10 Å². The average molecular weight is 164 g/mol. The summed E-state index contributed by atoms with van der Waals surface area (Å²) < 4.78 is 9.67. The molecule has 0 amide bonds. The fraction of sp³-hybridized carbons (Fsp3) is 0.222. The zero-order valence-electron chi connectivity index (χ0n) is 6.61. The third kappa shape index (κ3) is 1.13. The minimum atomic E-state index is -0.323.